The largest absolute Gasteiger partial charge is 0.389 e. The molecule has 1 fully saturated rings. The molecule has 1 aromatic heterocycles. The van der Waals surface area contributed by atoms with Crippen LogP contribution in [-0.2, 0) is 6.54 Å². The molecule has 1 saturated carbocycles. The molecule has 0 amide bonds. The number of aryl methyl sites for hydroxylation is 1. The highest BCUT2D eigenvalue weighted by Crippen LogP contribution is 2.26. The molecule has 0 saturated heterocycles. The van der Waals surface area contributed by atoms with E-state index in [1.165, 1.54) is 25.7 Å². The van der Waals surface area contributed by atoms with Crippen LogP contribution in [0.3, 0.4) is 0 Å². The molecule has 108 valence electrons. The Morgan fingerprint density at radius 2 is 1.95 bits per heavy atom. The number of aromatic nitrogens is 2. The molecule has 0 radical (unpaired) electrons. The summed E-state index contributed by atoms with van der Waals surface area (Å²) in [4.78, 5) is 4.03. The molecule has 2 N–H and O–H groups in total. The molecule has 1 aromatic rings. The first-order valence-electron chi connectivity index (χ1n) is 7.67. The lowest BCUT2D eigenvalue weighted by Gasteiger charge is -2.27. The van der Waals surface area contributed by atoms with Gasteiger partial charge in [0.25, 0.3) is 0 Å². The number of hydrogen-bond acceptors (Lipinski definition) is 3. The predicted octanol–water partition coefficient (Wildman–Crippen LogP) is 2.34. The average molecular weight is 265 g/mol. The van der Waals surface area contributed by atoms with Gasteiger partial charge in [-0.3, -0.25) is 0 Å². The van der Waals surface area contributed by atoms with Crippen molar-refractivity contribution in [2.24, 2.45) is 0 Å². The SMILES string of the molecule is OC1(CNCCCCn2ccnc2)CCCCCC1. The maximum atomic E-state index is 10.5. The molecule has 19 heavy (non-hydrogen) atoms. The summed E-state index contributed by atoms with van der Waals surface area (Å²) in [6.45, 7) is 2.79. The lowest BCUT2D eigenvalue weighted by atomic mass is 9.94. The molecule has 0 unspecified atom stereocenters. The average Bonchev–Trinajstić information content (AvgIpc) is 2.82. The third-order valence-corrected chi connectivity index (χ3v) is 4.07. The number of unbranched alkanes of at least 4 members (excludes halogenated alkanes) is 1. The van der Waals surface area contributed by atoms with Crippen LogP contribution in [0.15, 0.2) is 18.7 Å². The fourth-order valence-corrected chi connectivity index (χ4v) is 2.85. The van der Waals surface area contributed by atoms with Crippen molar-refractivity contribution in [2.75, 3.05) is 13.1 Å². The highest BCUT2D eigenvalue weighted by atomic mass is 16.3. The van der Waals surface area contributed by atoms with E-state index < -0.39 is 5.60 Å². The van der Waals surface area contributed by atoms with Gasteiger partial charge in [-0.1, -0.05) is 25.7 Å². The quantitative estimate of drug-likeness (QED) is 0.587. The molecule has 0 aliphatic heterocycles. The van der Waals surface area contributed by atoms with Gasteiger partial charge >= 0.3 is 0 Å². The summed E-state index contributed by atoms with van der Waals surface area (Å²) in [5.41, 5.74) is -0.444. The fourth-order valence-electron chi connectivity index (χ4n) is 2.85. The molecule has 1 heterocycles. The van der Waals surface area contributed by atoms with E-state index in [1.807, 2.05) is 18.7 Å². The maximum Gasteiger partial charge on any atom is 0.0945 e. The number of nitrogens with one attached hydrogen (secondary N) is 1. The Morgan fingerprint density at radius 3 is 2.63 bits per heavy atom. The second-order valence-electron chi connectivity index (χ2n) is 5.82. The Labute approximate surface area is 116 Å². The Kier molecular flexibility index (Phi) is 5.86. The van der Waals surface area contributed by atoms with Crippen LogP contribution in [-0.4, -0.2) is 33.3 Å². The third-order valence-electron chi connectivity index (χ3n) is 4.07. The van der Waals surface area contributed by atoms with Gasteiger partial charge in [-0.25, -0.2) is 4.98 Å². The van der Waals surface area contributed by atoms with Crippen LogP contribution in [0.5, 0.6) is 0 Å². The molecule has 0 spiro atoms. The Morgan fingerprint density at radius 1 is 1.16 bits per heavy atom. The zero-order valence-electron chi connectivity index (χ0n) is 11.9. The standard InChI is InChI=1S/C15H27N3O/c19-15(7-3-1-2-4-8-15)13-16-9-5-6-11-18-12-10-17-14-18/h10,12,14,16,19H,1-9,11,13H2. The molecular formula is C15H27N3O. The molecule has 1 aliphatic rings. The first kappa shape index (κ1) is 14.5. The van der Waals surface area contributed by atoms with Crippen LogP contribution in [0.25, 0.3) is 0 Å². The lowest BCUT2D eigenvalue weighted by Crippen LogP contribution is -2.40. The van der Waals surface area contributed by atoms with Crippen molar-refractivity contribution in [3.63, 3.8) is 0 Å². The monoisotopic (exact) mass is 265 g/mol. The number of nitrogens with zero attached hydrogens (tertiary/aromatic N) is 2. The van der Waals surface area contributed by atoms with Gasteiger partial charge in [-0.05, 0) is 32.2 Å². The zero-order chi connectivity index (χ0) is 13.4. The fraction of sp³-hybridized carbons (Fsp3) is 0.800. The van der Waals surface area contributed by atoms with E-state index in [1.54, 1.807) is 0 Å². The Bertz CT molecular complexity index is 329. The summed E-state index contributed by atoms with van der Waals surface area (Å²) in [6, 6.07) is 0. The zero-order valence-corrected chi connectivity index (χ0v) is 11.9. The summed E-state index contributed by atoms with van der Waals surface area (Å²) < 4.78 is 2.11. The van der Waals surface area contributed by atoms with Gasteiger partial charge in [0.15, 0.2) is 0 Å². The normalized spacial score (nSPS) is 19.2. The van der Waals surface area contributed by atoms with Gasteiger partial charge < -0.3 is 15.0 Å². The van der Waals surface area contributed by atoms with Gasteiger partial charge in [0.1, 0.15) is 0 Å². The molecule has 0 bridgehead atoms. The number of hydrogen-bond donors (Lipinski definition) is 2. The smallest absolute Gasteiger partial charge is 0.0945 e. The van der Waals surface area contributed by atoms with E-state index in [-0.39, 0.29) is 0 Å². The summed E-state index contributed by atoms with van der Waals surface area (Å²) in [7, 11) is 0. The summed E-state index contributed by atoms with van der Waals surface area (Å²) in [5.74, 6) is 0. The third kappa shape index (κ3) is 5.33. The lowest BCUT2D eigenvalue weighted by molar-refractivity contribution is 0.0254. The predicted molar refractivity (Wildman–Crippen MR) is 77.0 cm³/mol. The van der Waals surface area contributed by atoms with Crippen molar-refractivity contribution in [1.29, 1.82) is 0 Å². The van der Waals surface area contributed by atoms with Gasteiger partial charge in [0.2, 0.25) is 0 Å². The first-order chi connectivity index (χ1) is 9.29. The number of aliphatic hydroxyl groups is 1. The summed E-state index contributed by atoms with van der Waals surface area (Å²) >= 11 is 0. The van der Waals surface area contributed by atoms with Crippen molar-refractivity contribution in [2.45, 2.75) is 63.5 Å². The first-order valence-corrected chi connectivity index (χ1v) is 7.67. The molecular weight excluding hydrogens is 238 g/mol. The van der Waals surface area contributed by atoms with Crippen molar-refractivity contribution in [3.8, 4) is 0 Å². The van der Waals surface area contributed by atoms with E-state index in [2.05, 4.69) is 14.9 Å². The van der Waals surface area contributed by atoms with E-state index in [9.17, 15) is 5.11 Å². The molecule has 1 aliphatic carbocycles. The molecule has 0 aromatic carbocycles. The summed E-state index contributed by atoms with van der Waals surface area (Å²) in [6.07, 6.45) is 14.8. The maximum absolute atomic E-state index is 10.5. The van der Waals surface area contributed by atoms with Crippen LogP contribution in [0.1, 0.15) is 51.4 Å². The minimum absolute atomic E-state index is 0.444. The van der Waals surface area contributed by atoms with Gasteiger partial charge in [-0.2, -0.15) is 0 Å². The summed E-state index contributed by atoms with van der Waals surface area (Å²) in [5, 5.41) is 13.9. The van der Waals surface area contributed by atoms with Crippen molar-refractivity contribution in [1.82, 2.24) is 14.9 Å². The van der Waals surface area contributed by atoms with E-state index in [0.29, 0.717) is 0 Å². The van der Waals surface area contributed by atoms with Crippen LogP contribution in [0.4, 0.5) is 0 Å². The van der Waals surface area contributed by atoms with Crippen LogP contribution < -0.4 is 5.32 Å². The van der Waals surface area contributed by atoms with Crippen LogP contribution >= 0.6 is 0 Å². The van der Waals surface area contributed by atoms with E-state index in [4.69, 9.17) is 0 Å². The Balaban J connectivity index is 1.53. The topological polar surface area (TPSA) is 50.1 Å². The minimum Gasteiger partial charge on any atom is -0.389 e. The van der Waals surface area contributed by atoms with Crippen molar-refractivity contribution < 1.29 is 5.11 Å². The van der Waals surface area contributed by atoms with Crippen LogP contribution in [0, 0.1) is 0 Å². The number of imidazole rings is 1. The second-order valence-corrected chi connectivity index (χ2v) is 5.82. The van der Waals surface area contributed by atoms with Crippen molar-refractivity contribution >= 4 is 0 Å². The second kappa shape index (κ2) is 7.65. The molecule has 4 nitrogen and oxygen atoms in total. The van der Waals surface area contributed by atoms with Gasteiger partial charge in [0, 0.05) is 25.5 Å². The highest BCUT2D eigenvalue weighted by molar-refractivity contribution is 4.83. The van der Waals surface area contributed by atoms with Gasteiger partial charge in [0.05, 0.1) is 11.9 Å². The van der Waals surface area contributed by atoms with Crippen LogP contribution in [0.2, 0.25) is 0 Å². The molecule has 2 rings (SSSR count). The molecule has 0 atom stereocenters. The minimum atomic E-state index is -0.444. The van der Waals surface area contributed by atoms with E-state index in [0.717, 1.165) is 45.3 Å². The highest BCUT2D eigenvalue weighted by Gasteiger charge is 2.26. The van der Waals surface area contributed by atoms with Gasteiger partial charge in [-0.15, -0.1) is 0 Å². The molecule has 4 heteroatoms. The van der Waals surface area contributed by atoms with Crippen molar-refractivity contribution in [3.05, 3.63) is 18.7 Å². The Hall–Kier alpha value is -0.870. The number of rotatable bonds is 7. The van der Waals surface area contributed by atoms with E-state index >= 15 is 0 Å².